The van der Waals surface area contributed by atoms with Gasteiger partial charge in [-0.25, -0.2) is 4.39 Å². The number of allylic oxidation sites excluding steroid dienone is 5. The number of rotatable bonds is 6. The lowest BCUT2D eigenvalue weighted by molar-refractivity contribution is 0.636. The third-order valence-corrected chi connectivity index (χ3v) is 1.88. The Bertz CT molecular complexity index is 199. The first-order valence-corrected chi connectivity index (χ1v) is 4.87. The van der Waals surface area contributed by atoms with Crippen LogP contribution in [0.15, 0.2) is 36.2 Å². The van der Waals surface area contributed by atoms with Crippen LogP contribution >= 0.6 is 0 Å². The van der Waals surface area contributed by atoms with Crippen molar-refractivity contribution in [2.45, 2.75) is 39.5 Å². The summed E-state index contributed by atoms with van der Waals surface area (Å²) in [7, 11) is 0. The molecule has 0 aliphatic carbocycles. The van der Waals surface area contributed by atoms with Gasteiger partial charge in [-0.15, -0.1) is 0 Å². The Labute approximate surface area is 80.9 Å². The van der Waals surface area contributed by atoms with Gasteiger partial charge in [0.25, 0.3) is 0 Å². The summed E-state index contributed by atoms with van der Waals surface area (Å²) in [4.78, 5) is 0. The lowest BCUT2D eigenvalue weighted by Crippen LogP contribution is -1.78. The Balaban J connectivity index is 3.87. The van der Waals surface area contributed by atoms with Gasteiger partial charge in [0.15, 0.2) is 0 Å². The van der Waals surface area contributed by atoms with E-state index in [-0.39, 0.29) is 5.83 Å². The summed E-state index contributed by atoms with van der Waals surface area (Å²) in [6.45, 7) is 7.42. The molecule has 74 valence electrons. The van der Waals surface area contributed by atoms with Crippen LogP contribution in [0.1, 0.15) is 39.5 Å². The van der Waals surface area contributed by atoms with Gasteiger partial charge in [0, 0.05) is 0 Å². The molecule has 0 atom stereocenters. The molecule has 0 rings (SSSR count). The van der Waals surface area contributed by atoms with Gasteiger partial charge in [-0.3, -0.25) is 0 Å². The molecule has 0 aromatic rings. The zero-order valence-electron chi connectivity index (χ0n) is 8.65. The zero-order chi connectivity index (χ0) is 10.1. The SMILES string of the molecule is C=C/C=C(C)\C(F)=C/CCCCC. The van der Waals surface area contributed by atoms with E-state index in [9.17, 15) is 4.39 Å². The highest BCUT2D eigenvalue weighted by Crippen LogP contribution is 2.13. The van der Waals surface area contributed by atoms with Crippen LogP contribution in [0.2, 0.25) is 0 Å². The van der Waals surface area contributed by atoms with E-state index in [0.29, 0.717) is 5.57 Å². The van der Waals surface area contributed by atoms with Crippen molar-refractivity contribution in [1.29, 1.82) is 0 Å². The summed E-state index contributed by atoms with van der Waals surface area (Å²) >= 11 is 0. The summed E-state index contributed by atoms with van der Waals surface area (Å²) in [5, 5.41) is 0. The third-order valence-electron chi connectivity index (χ3n) is 1.88. The van der Waals surface area contributed by atoms with Crippen LogP contribution in [0, 0.1) is 0 Å². The average Bonchev–Trinajstić information content (AvgIpc) is 2.12. The molecule has 0 N–H and O–H groups in total. The van der Waals surface area contributed by atoms with Crippen LogP contribution in [0.3, 0.4) is 0 Å². The van der Waals surface area contributed by atoms with Crippen molar-refractivity contribution >= 4 is 0 Å². The van der Waals surface area contributed by atoms with Crippen LogP contribution < -0.4 is 0 Å². The predicted molar refractivity (Wildman–Crippen MR) is 57.3 cm³/mol. The fraction of sp³-hybridized carbons (Fsp3) is 0.500. The quantitative estimate of drug-likeness (QED) is 0.417. The van der Waals surface area contributed by atoms with E-state index in [4.69, 9.17) is 0 Å². The summed E-state index contributed by atoms with van der Waals surface area (Å²) in [5.74, 6) is -0.115. The molecule has 13 heavy (non-hydrogen) atoms. The summed E-state index contributed by atoms with van der Waals surface area (Å²) in [6, 6.07) is 0. The molecule has 0 aromatic carbocycles. The van der Waals surface area contributed by atoms with Crippen molar-refractivity contribution in [3.05, 3.63) is 36.2 Å². The van der Waals surface area contributed by atoms with Crippen LogP contribution in [0.5, 0.6) is 0 Å². The maximum Gasteiger partial charge on any atom is 0.122 e. The normalized spacial score (nSPS) is 13.2. The molecular weight excluding hydrogens is 163 g/mol. The molecule has 0 spiro atoms. The highest BCUT2D eigenvalue weighted by Gasteiger charge is 1.95. The van der Waals surface area contributed by atoms with Crippen molar-refractivity contribution in [3.8, 4) is 0 Å². The largest absolute Gasteiger partial charge is 0.207 e. The first kappa shape index (κ1) is 12.2. The molecule has 0 fully saturated rings. The van der Waals surface area contributed by atoms with Gasteiger partial charge in [-0.05, 0) is 31.4 Å². The number of unbranched alkanes of at least 4 members (excludes halogenated alkanes) is 3. The smallest absolute Gasteiger partial charge is 0.122 e. The molecular formula is C12H19F. The Hall–Kier alpha value is -0.850. The highest BCUT2D eigenvalue weighted by atomic mass is 19.1. The molecule has 0 bridgehead atoms. The minimum absolute atomic E-state index is 0.115. The minimum atomic E-state index is -0.115. The summed E-state index contributed by atoms with van der Waals surface area (Å²) < 4.78 is 13.2. The van der Waals surface area contributed by atoms with Crippen LogP contribution in [0.4, 0.5) is 4.39 Å². The van der Waals surface area contributed by atoms with E-state index in [0.717, 1.165) is 12.8 Å². The van der Waals surface area contributed by atoms with Crippen molar-refractivity contribution in [2.75, 3.05) is 0 Å². The number of halogens is 1. The molecule has 1 heteroatoms. The predicted octanol–water partition coefficient (Wildman–Crippen LogP) is 4.55. The van der Waals surface area contributed by atoms with Crippen molar-refractivity contribution in [2.24, 2.45) is 0 Å². The van der Waals surface area contributed by atoms with Crippen molar-refractivity contribution < 1.29 is 4.39 Å². The lowest BCUT2D eigenvalue weighted by atomic mass is 10.1. The van der Waals surface area contributed by atoms with Crippen molar-refractivity contribution in [1.82, 2.24) is 0 Å². The minimum Gasteiger partial charge on any atom is -0.207 e. The van der Waals surface area contributed by atoms with Gasteiger partial charge in [0.05, 0.1) is 0 Å². The Kier molecular flexibility index (Phi) is 7.27. The topological polar surface area (TPSA) is 0 Å². The van der Waals surface area contributed by atoms with Gasteiger partial charge >= 0.3 is 0 Å². The molecule has 0 radical (unpaired) electrons. The van der Waals surface area contributed by atoms with E-state index in [1.54, 1.807) is 25.2 Å². The maximum absolute atomic E-state index is 13.2. The standard InChI is InChI=1S/C12H19F/c1-4-6-7-8-10-12(13)11(3)9-5-2/h5,9-10H,2,4,6-8H2,1,3H3/b11-9-,12-10+. The average molecular weight is 182 g/mol. The van der Waals surface area contributed by atoms with Gasteiger partial charge < -0.3 is 0 Å². The van der Waals surface area contributed by atoms with E-state index in [1.165, 1.54) is 12.8 Å². The highest BCUT2D eigenvalue weighted by molar-refractivity contribution is 5.26. The van der Waals surface area contributed by atoms with Crippen LogP contribution in [-0.2, 0) is 0 Å². The molecule has 0 aliphatic rings. The van der Waals surface area contributed by atoms with E-state index < -0.39 is 0 Å². The Morgan fingerprint density at radius 3 is 2.62 bits per heavy atom. The van der Waals surface area contributed by atoms with Crippen LogP contribution in [-0.4, -0.2) is 0 Å². The molecule has 0 aliphatic heterocycles. The van der Waals surface area contributed by atoms with E-state index in [1.807, 2.05) is 0 Å². The molecule has 0 heterocycles. The maximum atomic E-state index is 13.2. The Morgan fingerprint density at radius 1 is 1.38 bits per heavy atom. The second-order valence-corrected chi connectivity index (χ2v) is 3.13. The first-order chi connectivity index (χ1) is 6.22. The van der Waals surface area contributed by atoms with Gasteiger partial charge in [0.1, 0.15) is 5.83 Å². The molecule has 0 saturated carbocycles. The first-order valence-electron chi connectivity index (χ1n) is 4.87. The van der Waals surface area contributed by atoms with Crippen LogP contribution in [0.25, 0.3) is 0 Å². The fourth-order valence-corrected chi connectivity index (χ4v) is 1.04. The monoisotopic (exact) mass is 182 g/mol. The molecule has 0 nitrogen and oxygen atoms in total. The van der Waals surface area contributed by atoms with Gasteiger partial charge in [-0.1, -0.05) is 38.5 Å². The second-order valence-electron chi connectivity index (χ2n) is 3.13. The Morgan fingerprint density at radius 2 is 2.08 bits per heavy atom. The van der Waals surface area contributed by atoms with E-state index in [2.05, 4.69) is 13.5 Å². The fourth-order valence-electron chi connectivity index (χ4n) is 1.04. The summed E-state index contributed by atoms with van der Waals surface area (Å²) in [5.41, 5.74) is 0.659. The zero-order valence-corrected chi connectivity index (χ0v) is 8.65. The molecule has 0 aromatic heterocycles. The second kappa shape index (κ2) is 7.78. The summed E-state index contributed by atoms with van der Waals surface area (Å²) in [6.07, 6.45) is 9.21. The lowest BCUT2D eigenvalue weighted by Gasteiger charge is -1.96. The molecule has 0 saturated heterocycles. The number of hydrogen-bond acceptors (Lipinski definition) is 0. The van der Waals surface area contributed by atoms with E-state index >= 15 is 0 Å². The molecule has 0 unspecified atom stereocenters. The van der Waals surface area contributed by atoms with Gasteiger partial charge in [-0.2, -0.15) is 0 Å². The third kappa shape index (κ3) is 6.32. The number of hydrogen-bond donors (Lipinski definition) is 0. The van der Waals surface area contributed by atoms with Gasteiger partial charge in [0.2, 0.25) is 0 Å². The molecule has 0 amide bonds. The van der Waals surface area contributed by atoms with Crippen molar-refractivity contribution in [3.63, 3.8) is 0 Å².